The third-order valence-corrected chi connectivity index (χ3v) is 3.15. The number of rotatable bonds is 2. The Labute approximate surface area is 104 Å². The third kappa shape index (κ3) is 1.44. The van der Waals surface area contributed by atoms with Crippen LogP contribution in [0.5, 0.6) is 5.75 Å². The molecule has 0 saturated heterocycles. The second kappa shape index (κ2) is 3.96. The van der Waals surface area contributed by atoms with E-state index in [0.717, 1.165) is 33.7 Å². The lowest BCUT2D eigenvalue weighted by molar-refractivity contribution is 0.415. The van der Waals surface area contributed by atoms with Gasteiger partial charge < -0.3 is 10.5 Å². The largest absolute Gasteiger partial charge is 0.497 e. The van der Waals surface area contributed by atoms with E-state index in [1.807, 2.05) is 28.7 Å². The number of benzene rings is 1. The number of aromatic nitrogens is 3. The highest BCUT2D eigenvalue weighted by Crippen LogP contribution is 2.25. The Kier molecular flexibility index (Phi) is 2.41. The van der Waals surface area contributed by atoms with Gasteiger partial charge in [-0.3, -0.25) is 4.40 Å². The number of aryl methyl sites for hydroxylation is 1. The normalized spacial score (nSPS) is 11.3. The summed E-state index contributed by atoms with van der Waals surface area (Å²) in [7, 11) is 1.66. The topological polar surface area (TPSA) is 65.4 Å². The number of nitrogens with zero attached hydrogens (tertiary/aromatic N) is 3. The van der Waals surface area contributed by atoms with E-state index >= 15 is 0 Å². The smallest absolute Gasteiger partial charge is 0.161 e. The molecule has 2 N–H and O–H groups in total. The summed E-state index contributed by atoms with van der Waals surface area (Å²) in [6.07, 6.45) is 0. The van der Waals surface area contributed by atoms with Crippen LogP contribution in [0, 0.1) is 6.92 Å². The maximum atomic E-state index is 5.71. The van der Waals surface area contributed by atoms with Crippen molar-refractivity contribution in [3.05, 3.63) is 35.7 Å². The number of ether oxygens (including phenoxy) is 1. The zero-order chi connectivity index (χ0) is 12.7. The summed E-state index contributed by atoms with van der Waals surface area (Å²) in [5.41, 5.74) is 8.71. The second-order valence-electron chi connectivity index (χ2n) is 4.22. The summed E-state index contributed by atoms with van der Waals surface area (Å²) < 4.78 is 7.25. The molecule has 0 amide bonds. The summed E-state index contributed by atoms with van der Waals surface area (Å²) >= 11 is 0. The molecule has 5 heteroatoms. The van der Waals surface area contributed by atoms with Crippen LogP contribution in [0.15, 0.2) is 24.3 Å². The third-order valence-electron chi connectivity index (χ3n) is 3.15. The van der Waals surface area contributed by atoms with E-state index in [9.17, 15) is 0 Å². The predicted molar refractivity (Wildman–Crippen MR) is 69.7 cm³/mol. The van der Waals surface area contributed by atoms with Gasteiger partial charge >= 0.3 is 0 Å². The molecule has 3 aromatic rings. The van der Waals surface area contributed by atoms with Gasteiger partial charge in [-0.2, -0.15) is 0 Å². The molecule has 0 radical (unpaired) electrons. The zero-order valence-corrected chi connectivity index (χ0v) is 10.3. The van der Waals surface area contributed by atoms with Crippen LogP contribution in [-0.2, 0) is 6.54 Å². The van der Waals surface area contributed by atoms with Crippen molar-refractivity contribution in [2.75, 3.05) is 7.11 Å². The van der Waals surface area contributed by atoms with Crippen LogP contribution in [0.25, 0.3) is 16.6 Å². The molecule has 0 fully saturated rings. The molecule has 0 aliphatic rings. The SMILES string of the molecule is COc1ccc2c(C)cc3nnc(CN)n3c2c1. The average molecular weight is 242 g/mol. The fraction of sp³-hybridized carbons (Fsp3) is 0.231. The molecule has 92 valence electrons. The van der Waals surface area contributed by atoms with Crippen molar-refractivity contribution >= 4 is 16.6 Å². The number of hydrogen-bond acceptors (Lipinski definition) is 4. The molecule has 0 aliphatic carbocycles. The highest BCUT2D eigenvalue weighted by Gasteiger charge is 2.10. The van der Waals surface area contributed by atoms with Gasteiger partial charge in [0.1, 0.15) is 5.75 Å². The number of hydrogen-bond donors (Lipinski definition) is 1. The molecule has 2 heterocycles. The number of methoxy groups -OCH3 is 1. The van der Waals surface area contributed by atoms with Crippen LogP contribution < -0.4 is 10.5 Å². The Morgan fingerprint density at radius 3 is 2.83 bits per heavy atom. The molecule has 5 nitrogen and oxygen atoms in total. The van der Waals surface area contributed by atoms with E-state index in [0.29, 0.717) is 6.54 Å². The van der Waals surface area contributed by atoms with Gasteiger partial charge in [-0.15, -0.1) is 10.2 Å². The molecule has 18 heavy (non-hydrogen) atoms. The first-order valence-electron chi connectivity index (χ1n) is 5.76. The Hall–Kier alpha value is -2.14. The molecule has 0 spiro atoms. The molecular weight excluding hydrogens is 228 g/mol. The van der Waals surface area contributed by atoms with Crippen LogP contribution in [0.3, 0.4) is 0 Å². The van der Waals surface area contributed by atoms with Gasteiger partial charge in [-0.1, -0.05) is 0 Å². The summed E-state index contributed by atoms with van der Waals surface area (Å²) in [6.45, 7) is 2.42. The van der Waals surface area contributed by atoms with E-state index in [1.54, 1.807) is 7.11 Å². The van der Waals surface area contributed by atoms with Gasteiger partial charge in [0, 0.05) is 11.5 Å². The average Bonchev–Trinajstić information content (AvgIpc) is 2.81. The van der Waals surface area contributed by atoms with Crippen LogP contribution in [-0.4, -0.2) is 21.7 Å². The zero-order valence-electron chi connectivity index (χ0n) is 10.3. The Balaban J connectivity index is 2.51. The molecule has 0 unspecified atom stereocenters. The van der Waals surface area contributed by atoms with Gasteiger partial charge in [0.15, 0.2) is 11.5 Å². The lowest BCUT2D eigenvalue weighted by Crippen LogP contribution is -2.03. The van der Waals surface area contributed by atoms with E-state index in [1.165, 1.54) is 0 Å². The minimum absolute atomic E-state index is 0.358. The fourth-order valence-corrected chi connectivity index (χ4v) is 2.25. The van der Waals surface area contributed by atoms with Crippen LogP contribution in [0.4, 0.5) is 0 Å². The van der Waals surface area contributed by atoms with Crippen LogP contribution >= 0.6 is 0 Å². The van der Waals surface area contributed by atoms with Crippen molar-refractivity contribution < 1.29 is 4.74 Å². The second-order valence-corrected chi connectivity index (χ2v) is 4.22. The monoisotopic (exact) mass is 242 g/mol. The van der Waals surface area contributed by atoms with Crippen molar-refractivity contribution in [1.82, 2.24) is 14.6 Å². The van der Waals surface area contributed by atoms with Crippen molar-refractivity contribution in [3.8, 4) is 5.75 Å². The van der Waals surface area contributed by atoms with Gasteiger partial charge in [0.2, 0.25) is 0 Å². The van der Waals surface area contributed by atoms with E-state index < -0.39 is 0 Å². The standard InChI is InChI=1S/C13H14N4O/c1-8-5-12-15-16-13(7-14)17(12)11-6-9(18-2)3-4-10(8)11/h3-6H,7,14H2,1-2H3. The number of nitrogens with two attached hydrogens (primary N) is 1. The summed E-state index contributed by atoms with van der Waals surface area (Å²) in [4.78, 5) is 0. The van der Waals surface area contributed by atoms with Crippen molar-refractivity contribution in [2.45, 2.75) is 13.5 Å². The molecule has 0 aliphatic heterocycles. The van der Waals surface area contributed by atoms with E-state index in [2.05, 4.69) is 17.1 Å². The maximum Gasteiger partial charge on any atom is 0.161 e. The summed E-state index contributed by atoms with van der Waals surface area (Å²) in [5.74, 6) is 1.56. The molecule has 2 aromatic heterocycles. The summed E-state index contributed by atoms with van der Waals surface area (Å²) in [5, 5.41) is 9.41. The van der Waals surface area contributed by atoms with Crippen LogP contribution in [0.1, 0.15) is 11.4 Å². The number of fused-ring (bicyclic) bond motifs is 3. The minimum Gasteiger partial charge on any atom is -0.497 e. The highest BCUT2D eigenvalue weighted by atomic mass is 16.5. The van der Waals surface area contributed by atoms with Gasteiger partial charge in [-0.25, -0.2) is 0 Å². The van der Waals surface area contributed by atoms with Gasteiger partial charge in [-0.05, 0) is 30.7 Å². The van der Waals surface area contributed by atoms with Crippen molar-refractivity contribution in [1.29, 1.82) is 0 Å². The number of pyridine rings is 1. The first-order valence-corrected chi connectivity index (χ1v) is 5.76. The molecular formula is C13H14N4O. The first-order chi connectivity index (χ1) is 8.74. The van der Waals surface area contributed by atoms with Gasteiger partial charge in [0.25, 0.3) is 0 Å². The molecule has 0 saturated carbocycles. The van der Waals surface area contributed by atoms with Crippen molar-refractivity contribution in [2.24, 2.45) is 5.73 Å². The quantitative estimate of drug-likeness (QED) is 0.742. The Morgan fingerprint density at radius 2 is 2.11 bits per heavy atom. The molecule has 3 rings (SSSR count). The maximum absolute atomic E-state index is 5.71. The van der Waals surface area contributed by atoms with E-state index in [-0.39, 0.29) is 0 Å². The summed E-state index contributed by atoms with van der Waals surface area (Å²) in [6, 6.07) is 8.00. The van der Waals surface area contributed by atoms with Crippen molar-refractivity contribution in [3.63, 3.8) is 0 Å². The van der Waals surface area contributed by atoms with Gasteiger partial charge in [0.05, 0.1) is 19.2 Å². The predicted octanol–water partition coefficient (Wildman–Crippen LogP) is 1.66. The minimum atomic E-state index is 0.358. The Morgan fingerprint density at radius 1 is 1.28 bits per heavy atom. The Bertz CT molecular complexity index is 733. The molecule has 1 aromatic carbocycles. The lowest BCUT2D eigenvalue weighted by atomic mass is 10.1. The molecule has 0 bridgehead atoms. The van der Waals surface area contributed by atoms with Crippen LogP contribution in [0.2, 0.25) is 0 Å². The molecule has 0 atom stereocenters. The first kappa shape index (κ1) is 11.0. The van der Waals surface area contributed by atoms with E-state index in [4.69, 9.17) is 10.5 Å². The lowest BCUT2D eigenvalue weighted by Gasteiger charge is -2.08. The highest BCUT2D eigenvalue weighted by molar-refractivity contribution is 5.86. The fourth-order valence-electron chi connectivity index (χ4n) is 2.25.